The molecule has 2 rings (SSSR count). The van der Waals surface area contributed by atoms with Crippen LogP contribution in [0.25, 0.3) is 0 Å². The summed E-state index contributed by atoms with van der Waals surface area (Å²) < 4.78 is 1.89. The molecule has 1 aromatic rings. The van der Waals surface area contributed by atoms with Crippen LogP contribution in [0.15, 0.2) is 12.4 Å². The second kappa shape index (κ2) is 5.85. The average molecular weight is 285 g/mol. The lowest BCUT2D eigenvalue weighted by Crippen LogP contribution is -2.10. The zero-order valence-electron chi connectivity index (χ0n) is 10.0. The highest BCUT2D eigenvalue weighted by atomic mass is 79.9. The topological polar surface area (TPSA) is 17.8 Å². The largest absolute Gasteiger partial charge is 0.276 e. The minimum atomic E-state index is 0.742. The van der Waals surface area contributed by atoms with Crippen LogP contribution >= 0.6 is 15.9 Å². The Balaban J connectivity index is 1.67. The Bertz CT molecular complexity index is 315. The molecular weight excluding hydrogens is 264 g/mol. The van der Waals surface area contributed by atoms with E-state index in [-0.39, 0.29) is 0 Å². The summed E-state index contributed by atoms with van der Waals surface area (Å²) in [6.45, 7) is 0. The number of alkyl halides is 1. The van der Waals surface area contributed by atoms with E-state index in [1.54, 1.807) is 0 Å². The van der Waals surface area contributed by atoms with Crippen LogP contribution in [0.4, 0.5) is 0 Å². The Labute approximate surface area is 107 Å². The molecule has 2 nitrogen and oxygen atoms in total. The van der Waals surface area contributed by atoms with Crippen molar-refractivity contribution in [3.63, 3.8) is 0 Å². The maximum Gasteiger partial charge on any atom is 0.0521 e. The van der Waals surface area contributed by atoms with Gasteiger partial charge in [0.1, 0.15) is 0 Å². The van der Waals surface area contributed by atoms with Crippen LogP contribution in [0.2, 0.25) is 0 Å². The van der Waals surface area contributed by atoms with Crippen molar-refractivity contribution in [1.29, 1.82) is 0 Å². The number of hydrogen-bond donors (Lipinski definition) is 0. The van der Waals surface area contributed by atoms with Crippen LogP contribution < -0.4 is 0 Å². The van der Waals surface area contributed by atoms with Gasteiger partial charge in [-0.15, -0.1) is 0 Å². The number of halogens is 1. The molecule has 0 radical (unpaired) electrons. The number of rotatable bonds is 5. The summed E-state index contributed by atoms with van der Waals surface area (Å²) >= 11 is 3.86. The van der Waals surface area contributed by atoms with Gasteiger partial charge in [0, 0.05) is 18.1 Å². The summed E-state index contributed by atoms with van der Waals surface area (Å²) in [5, 5.41) is 4.20. The van der Waals surface area contributed by atoms with Crippen molar-refractivity contribution < 1.29 is 0 Å². The first-order valence-electron chi connectivity index (χ1n) is 6.37. The molecule has 0 amide bonds. The van der Waals surface area contributed by atoms with E-state index >= 15 is 0 Å². The Hall–Kier alpha value is -0.310. The van der Waals surface area contributed by atoms with Gasteiger partial charge in [0.15, 0.2) is 0 Å². The minimum absolute atomic E-state index is 0.742. The summed E-state index contributed by atoms with van der Waals surface area (Å²) in [4.78, 5) is 0.742. The van der Waals surface area contributed by atoms with Crippen molar-refractivity contribution in [2.75, 3.05) is 0 Å². The van der Waals surface area contributed by atoms with E-state index in [9.17, 15) is 0 Å². The molecule has 1 aromatic heterocycles. The van der Waals surface area contributed by atoms with E-state index < -0.39 is 0 Å². The van der Waals surface area contributed by atoms with E-state index in [1.165, 1.54) is 50.5 Å². The Morgan fingerprint density at radius 3 is 2.88 bits per heavy atom. The summed E-state index contributed by atoms with van der Waals surface area (Å²) in [5.74, 6) is 0.939. The highest BCUT2D eigenvalue weighted by Crippen LogP contribution is 2.33. The summed E-state index contributed by atoms with van der Waals surface area (Å²) in [6.07, 6.45) is 13.6. The molecule has 1 unspecified atom stereocenters. The molecular formula is C13H21BrN2. The third kappa shape index (κ3) is 3.34. The minimum Gasteiger partial charge on any atom is -0.276 e. The number of hydrogen-bond acceptors (Lipinski definition) is 1. The Morgan fingerprint density at radius 2 is 2.25 bits per heavy atom. The monoisotopic (exact) mass is 284 g/mol. The molecule has 0 aromatic carbocycles. The highest BCUT2D eigenvalue weighted by Gasteiger charge is 2.22. The second-order valence-corrected chi connectivity index (χ2v) is 6.15. The van der Waals surface area contributed by atoms with E-state index in [0.29, 0.717) is 0 Å². The van der Waals surface area contributed by atoms with Gasteiger partial charge in [0.25, 0.3) is 0 Å². The third-order valence-corrected chi connectivity index (χ3v) is 4.82. The van der Waals surface area contributed by atoms with Crippen molar-refractivity contribution >= 4 is 15.9 Å². The van der Waals surface area contributed by atoms with E-state index in [0.717, 1.165) is 10.7 Å². The van der Waals surface area contributed by atoms with Crippen LogP contribution in [-0.4, -0.2) is 14.6 Å². The molecule has 0 bridgehead atoms. The van der Waals surface area contributed by atoms with Gasteiger partial charge < -0.3 is 0 Å². The summed E-state index contributed by atoms with van der Waals surface area (Å²) in [7, 11) is 1.98. The van der Waals surface area contributed by atoms with Gasteiger partial charge in [-0.05, 0) is 43.6 Å². The number of aryl methyl sites for hydroxylation is 2. The van der Waals surface area contributed by atoms with Gasteiger partial charge in [0.2, 0.25) is 0 Å². The van der Waals surface area contributed by atoms with Crippen LogP contribution in [0, 0.1) is 5.92 Å². The zero-order valence-corrected chi connectivity index (χ0v) is 11.6. The smallest absolute Gasteiger partial charge is 0.0521 e. The van der Waals surface area contributed by atoms with Gasteiger partial charge in [-0.2, -0.15) is 5.10 Å². The van der Waals surface area contributed by atoms with Gasteiger partial charge in [-0.3, -0.25) is 4.68 Å². The average Bonchev–Trinajstić information content (AvgIpc) is 2.89. The SMILES string of the molecule is Cn1cc(CCCC(Br)C2CCCC2)cn1. The predicted octanol–water partition coefficient (Wildman–Crippen LogP) is 3.70. The molecule has 0 N–H and O–H groups in total. The molecule has 1 aliphatic carbocycles. The van der Waals surface area contributed by atoms with E-state index in [1.807, 2.05) is 17.9 Å². The predicted molar refractivity (Wildman–Crippen MR) is 70.8 cm³/mol. The van der Waals surface area contributed by atoms with Crippen molar-refractivity contribution in [2.45, 2.75) is 49.8 Å². The summed E-state index contributed by atoms with van der Waals surface area (Å²) in [6, 6.07) is 0. The maximum absolute atomic E-state index is 4.20. The third-order valence-electron chi connectivity index (χ3n) is 3.62. The van der Waals surface area contributed by atoms with E-state index in [2.05, 4.69) is 27.2 Å². The standard InChI is InChI=1S/C13H21BrN2/c1-16-10-11(9-15-16)5-4-8-13(14)12-6-2-3-7-12/h9-10,12-13H,2-8H2,1H3. The summed E-state index contributed by atoms with van der Waals surface area (Å²) in [5.41, 5.74) is 1.37. The number of aromatic nitrogens is 2. The van der Waals surface area contributed by atoms with Gasteiger partial charge >= 0.3 is 0 Å². The van der Waals surface area contributed by atoms with Crippen LogP contribution in [0.1, 0.15) is 44.1 Å². The van der Waals surface area contributed by atoms with Crippen molar-refractivity contribution in [2.24, 2.45) is 13.0 Å². The molecule has 0 saturated heterocycles. The lowest BCUT2D eigenvalue weighted by Gasteiger charge is -2.16. The lowest BCUT2D eigenvalue weighted by atomic mass is 9.99. The van der Waals surface area contributed by atoms with Gasteiger partial charge in [-0.1, -0.05) is 28.8 Å². The molecule has 1 fully saturated rings. The maximum atomic E-state index is 4.20. The van der Waals surface area contributed by atoms with Crippen LogP contribution in [-0.2, 0) is 13.5 Å². The molecule has 1 saturated carbocycles. The second-order valence-electron chi connectivity index (χ2n) is 4.98. The molecule has 1 aliphatic rings. The molecule has 1 atom stereocenters. The fourth-order valence-corrected chi connectivity index (χ4v) is 3.51. The highest BCUT2D eigenvalue weighted by molar-refractivity contribution is 9.09. The molecule has 16 heavy (non-hydrogen) atoms. The fourth-order valence-electron chi connectivity index (χ4n) is 2.66. The fraction of sp³-hybridized carbons (Fsp3) is 0.769. The molecule has 0 spiro atoms. The first kappa shape index (κ1) is 12.2. The molecule has 3 heteroatoms. The Kier molecular flexibility index (Phi) is 4.45. The van der Waals surface area contributed by atoms with Crippen molar-refractivity contribution in [3.05, 3.63) is 18.0 Å². The Morgan fingerprint density at radius 1 is 1.50 bits per heavy atom. The lowest BCUT2D eigenvalue weighted by molar-refractivity contribution is 0.495. The molecule has 90 valence electrons. The first-order valence-corrected chi connectivity index (χ1v) is 7.29. The quantitative estimate of drug-likeness (QED) is 0.754. The zero-order chi connectivity index (χ0) is 11.4. The normalized spacial score (nSPS) is 19.1. The van der Waals surface area contributed by atoms with E-state index in [4.69, 9.17) is 0 Å². The van der Waals surface area contributed by atoms with Crippen molar-refractivity contribution in [1.82, 2.24) is 9.78 Å². The molecule has 0 aliphatic heterocycles. The van der Waals surface area contributed by atoms with Crippen LogP contribution in [0.3, 0.4) is 0 Å². The van der Waals surface area contributed by atoms with Gasteiger partial charge in [-0.25, -0.2) is 0 Å². The first-order chi connectivity index (χ1) is 7.75. The van der Waals surface area contributed by atoms with Crippen LogP contribution in [0.5, 0.6) is 0 Å². The molecule has 1 heterocycles. The van der Waals surface area contributed by atoms with Crippen molar-refractivity contribution in [3.8, 4) is 0 Å². The van der Waals surface area contributed by atoms with Gasteiger partial charge in [0.05, 0.1) is 6.20 Å². The number of nitrogens with zero attached hydrogens (tertiary/aromatic N) is 2.